The van der Waals surface area contributed by atoms with Crippen molar-refractivity contribution in [3.05, 3.63) is 30.4 Å². The zero-order valence-electron chi connectivity index (χ0n) is 10.8. The van der Waals surface area contributed by atoms with Gasteiger partial charge in [-0.05, 0) is 37.3 Å². The minimum absolute atomic E-state index is 0.343. The lowest BCUT2D eigenvalue weighted by Gasteiger charge is -2.26. The summed E-state index contributed by atoms with van der Waals surface area (Å²) in [4.78, 5) is 2.31. The number of hydrogen-bond donors (Lipinski definition) is 0. The summed E-state index contributed by atoms with van der Waals surface area (Å²) in [6.07, 6.45) is 8.32. The Morgan fingerprint density at radius 2 is 2.11 bits per heavy atom. The number of rotatable bonds is 3. The smallest absolute Gasteiger partial charge is 0.231 e. The minimum Gasteiger partial charge on any atom is -0.454 e. The monoisotopic (exact) mass is 245 g/mol. The van der Waals surface area contributed by atoms with Gasteiger partial charge in [0.1, 0.15) is 0 Å². The van der Waals surface area contributed by atoms with E-state index in [1.807, 2.05) is 6.07 Å². The van der Waals surface area contributed by atoms with Crippen LogP contribution in [-0.4, -0.2) is 20.4 Å². The van der Waals surface area contributed by atoms with E-state index < -0.39 is 0 Å². The molecule has 0 radical (unpaired) electrons. The lowest BCUT2D eigenvalue weighted by Crippen LogP contribution is -2.25. The van der Waals surface area contributed by atoms with Crippen molar-refractivity contribution in [1.82, 2.24) is 0 Å². The number of nitrogens with zero attached hydrogens (tertiary/aromatic N) is 1. The van der Waals surface area contributed by atoms with Crippen molar-refractivity contribution in [3.8, 4) is 11.5 Å². The molecule has 1 unspecified atom stereocenters. The van der Waals surface area contributed by atoms with E-state index in [1.165, 1.54) is 24.9 Å². The zero-order chi connectivity index (χ0) is 12.4. The van der Waals surface area contributed by atoms with E-state index >= 15 is 0 Å². The van der Waals surface area contributed by atoms with Crippen LogP contribution in [0.15, 0.2) is 30.4 Å². The molecule has 0 amide bonds. The van der Waals surface area contributed by atoms with E-state index in [2.05, 4.69) is 36.2 Å². The SMILES string of the molecule is CN(CC1CC=CCC1)c1ccc2c(c1)OCO2. The number of ether oxygens (including phenoxy) is 2. The van der Waals surface area contributed by atoms with Crippen molar-refractivity contribution in [2.75, 3.05) is 25.3 Å². The first kappa shape index (κ1) is 11.5. The molecule has 3 rings (SSSR count). The van der Waals surface area contributed by atoms with Crippen molar-refractivity contribution >= 4 is 5.69 Å². The van der Waals surface area contributed by atoms with E-state index in [0.717, 1.165) is 24.0 Å². The first-order valence-electron chi connectivity index (χ1n) is 6.59. The fraction of sp³-hybridized carbons (Fsp3) is 0.467. The molecule has 0 bridgehead atoms. The molecule has 0 saturated carbocycles. The van der Waals surface area contributed by atoms with Gasteiger partial charge < -0.3 is 14.4 Å². The molecule has 3 heteroatoms. The number of anilines is 1. The maximum absolute atomic E-state index is 5.42. The third-order valence-corrected chi connectivity index (χ3v) is 3.71. The topological polar surface area (TPSA) is 21.7 Å². The molecule has 1 aliphatic carbocycles. The fourth-order valence-corrected chi connectivity index (χ4v) is 2.64. The summed E-state index contributed by atoms with van der Waals surface area (Å²) in [7, 11) is 2.15. The van der Waals surface area contributed by atoms with E-state index in [-0.39, 0.29) is 0 Å². The van der Waals surface area contributed by atoms with E-state index in [4.69, 9.17) is 9.47 Å². The second-order valence-electron chi connectivity index (χ2n) is 5.07. The summed E-state index contributed by atoms with van der Waals surface area (Å²) < 4.78 is 10.8. The second kappa shape index (κ2) is 4.92. The Morgan fingerprint density at radius 3 is 2.94 bits per heavy atom. The summed E-state index contributed by atoms with van der Waals surface area (Å²) in [5, 5.41) is 0. The van der Waals surface area contributed by atoms with Crippen LogP contribution in [0.2, 0.25) is 0 Å². The van der Waals surface area contributed by atoms with Crippen molar-refractivity contribution in [2.45, 2.75) is 19.3 Å². The minimum atomic E-state index is 0.343. The van der Waals surface area contributed by atoms with E-state index in [1.54, 1.807) is 0 Å². The molecule has 0 spiro atoms. The predicted octanol–water partition coefficient (Wildman–Crippen LogP) is 3.21. The van der Waals surface area contributed by atoms with Crippen molar-refractivity contribution in [3.63, 3.8) is 0 Å². The van der Waals surface area contributed by atoms with Gasteiger partial charge in [-0.3, -0.25) is 0 Å². The quantitative estimate of drug-likeness (QED) is 0.763. The largest absolute Gasteiger partial charge is 0.454 e. The van der Waals surface area contributed by atoms with Gasteiger partial charge >= 0.3 is 0 Å². The Hall–Kier alpha value is -1.64. The number of allylic oxidation sites excluding steroid dienone is 2. The summed E-state index contributed by atoms with van der Waals surface area (Å²) in [6, 6.07) is 6.17. The van der Waals surface area contributed by atoms with Crippen LogP contribution < -0.4 is 14.4 Å². The van der Waals surface area contributed by atoms with Crippen LogP contribution in [0.4, 0.5) is 5.69 Å². The molecule has 1 atom stereocenters. The molecular weight excluding hydrogens is 226 g/mol. The van der Waals surface area contributed by atoms with Crippen LogP contribution in [0.1, 0.15) is 19.3 Å². The fourth-order valence-electron chi connectivity index (χ4n) is 2.64. The molecule has 0 aromatic heterocycles. The second-order valence-corrected chi connectivity index (χ2v) is 5.07. The molecule has 1 aromatic carbocycles. The highest BCUT2D eigenvalue weighted by Crippen LogP contribution is 2.35. The van der Waals surface area contributed by atoms with Gasteiger partial charge in [0, 0.05) is 25.3 Å². The Morgan fingerprint density at radius 1 is 1.22 bits per heavy atom. The Balaban J connectivity index is 1.68. The highest BCUT2D eigenvalue weighted by atomic mass is 16.7. The maximum atomic E-state index is 5.42. The normalized spacial score (nSPS) is 21.1. The molecule has 1 aromatic rings. The van der Waals surface area contributed by atoms with Crippen molar-refractivity contribution < 1.29 is 9.47 Å². The molecule has 18 heavy (non-hydrogen) atoms. The van der Waals surface area contributed by atoms with Crippen molar-refractivity contribution in [1.29, 1.82) is 0 Å². The van der Waals surface area contributed by atoms with Crippen LogP contribution in [0.3, 0.4) is 0 Å². The highest BCUT2D eigenvalue weighted by molar-refractivity contribution is 5.56. The number of fused-ring (bicyclic) bond motifs is 1. The summed E-state index contributed by atoms with van der Waals surface area (Å²) >= 11 is 0. The van der Waals surface area contributed by atoms with Gasteiger partial charge in [0.25, 0.3) is 0 Å². The third kappa shape index (κ3) is 2.30. The van der Waals surface area contributed by atoms with Gasteiger partial charge in [0.15, 0.2) is 11.5 Å². The van der Waals surface area contributed by atoms with Crippen LogP contribution >= 0.6 is 0 Å². The molecule has 0 fully saturated rings. The molecule has 1 aliphatic heterocycles. The van der Waals surface area contributed by atoms with Crippen LogP contribution in [0.25, 0.3) is 0 Å². The predicted molar refractivity (Wildman–Crippen MR) is 72.3 cm³/mol. The summed E-state index contributed by atoms with van der Waals surface area (Å²) in [6.45, 7) is 1.44. The molecule has 0 saturated heterocycles. The molecule has 1 heterocycles. The zero-order valence-corrected chi connectivity index (χ0v) is 10.8. The summed E-state index contributed by atoms with van der Waals surface area (Å²) in [5.74, 6) is 2.49. The first-order chi connectivity index (χ1) is 8.83. The van der Waals surface area contributed by atoms with Crippen LogP contribution in [0.5, 0.6) is 11.5 Å². The third-order valence-electron chi connectivity index (χ3n) is 3.71. The molecule has 3 nitrogen and oxygen atoms in total. The van der Waals surface area contributed by atoms with Gasteiger partial charge in [-0.15, -0.1) is 0 Å². The van der Waals surface area contributed by atoms with Gasteiger partial charge in [-0.25, -0.2) is 0 Å². The highest BCUT2D eigenvalue weighted by Gasteiger charge is 2.17. The average molecular weight is 245 g/mol. The Labute approximate surface area is 108 Å². The van der Waals surface area contributed by atoms with Gasteiger partial charge in [-0.1, -0.05) is 12.2 Å². The number of benzene rings is 1. The van der Waals surface area contributed by atoms with Gasteiger partial charge in [-0.2, -0.15) is 0 Å². The molecular formula is C15H19NO2. The lowest BCUT2D eigenvalue weighted by atomic mass is 9.94. The van der Waals surface area contributed by atoms with Gasteiger partial charge in [0.05, 0.1) is 0 Å². The first-order valence-corrected chi connectivity index (χ1v) is 6.59. The lowest BCUT2D eigenvalue weighted by molar-refractivity contribution is 0.174. The molecule has 96 valence electrons. The van der Waals surface area contributed by atoms with E-state index in [9.17, 15) is 0 Å². The maximum Gasteiger partial charge on any atom is 0.231 e. The molecule has 0 N–H and O–H groups in total. The average Bonchev–Trinajstić information content (AvgIpc) is 2.87. The van der Waals surface area contributed by atoms with Crippen LogP contribution in [0, 0.1) is 5.92 Å². The van der Waals surface area contributed by atoms with Crippen LogP contribution in [-0.2, 0) is 0 Å². The Kier molecular flexibility index (Phi) is 3.13. The Bertz CT molecular complexity index is 456. The summed E-state index contributed by atoms with van der Waals surface area (Å²) in [5.41, 5.74) is 1.20. The standard InChI is InChI=1S/C15H19NO2/c1-16(10-12-5-3-2-4-6-12)13-7-8-14-15(9-13)18-11-17-14/h2-3,7-9,12H,4-6,10-11H2,1H3. The molecule has 2 aliphatic rings. The van der Waals surface area contributed by atoms with Crippen molar-refractivity contribution in [2.24, 2.45) is 5.92 Å². The number of hydrogen-bond acceptors (Lipinski definition) is 3. The van der Waals surface area contributed by atoms with Gasteiger partial charge in [0.2, 0.25) is 6.79 Å². The van der Waals surface area contributed by atoms with E-state index in [0.29, 0.717) is 6.79 Å².